The molecule has 6 nitrogen and oxygen atoms in total. The van der Waals surface area contributed by atoms with Crippen molar-refractivity contribution in [3.8, 4) is 5.75 Å². The first-order chi connectivity index (χ1) is 12.6. The Morgan fingerprint density at radius 1 is 1.15 bits per heavy atom. The molecular formula is C17H15ClN4O2S2. The highest BCUT2D eigenvalue weighted by molar-refractivity contribution is 8.00. The minimum atomic E-state index is -0.403. The molecule has 0 atom stereocenters. The Kier molecular flexibility index (Phi) is 6.32. The number of urea groups is 1. The van der Waals surface area contributed by atoms with E-state index < -0.39 is 6.03 Å². The first kappa shape index (κ1) is 18.5. The molecule has 0 saturated heterocycles. The monoisotopic (exact) mass is 406 g/mol. The third-order valence-corrected chi connectivity index (χ3v) is 5.55. The molecule has 0 aliphatic heterocycles. The van der Waals surface area contributed by atoms with Gasteiger partial charge in [0.2, 0.25) is 5.13 Å². The van der Waals surface area contributed by atoms with Crippen LogP contribution in [-0.2, 0) is 5.75 Å². The lowest BCUT2D eigenvalue weighted by Crippen LogP contribution is -2.19. The molecule has 3 rings (SSSR count). The van der Waals surface area contributed by atoms with Crippen LogP contribution in [0.2, 0.25) is 5.02 Å². The van der Waals surface area contributed by atoms with E-state index in [4.69, 9.17) is 16.3 Å². The topological polar surface area (TPSA) is 76.1 Å². The van der Waals surface area contributed by atoms with Crippen molar-refractivity contribution in [1.29, 1.82) is 0 Å². The number of methoxy groups -OCH3 is 1. The Morgan fingerprint density at radius 2 is 1.92 bits per heavy atom. The smallest absolute Gasteiger partial charge is 0.325 e. The number of anilines is 2. The second-order valence-electron chi connectivity index (χ2n) is 5.07. The highest BCUT2D eigenvalue weighted by Gasteiger charge is 2.11. The van der Waals surface area contributed by atoms with Gasteiger partial charge in [-0.2, -0.15) is 0 Å². The Labute approximate surface area is 163 Å². The summed E-state index contributed by atoms with van der Waals surface area (Å²) in [6.45, 7) is 0. The lowest BCUT2D eigenvalue weighted by Gasteiger charge is -2.09. The van der Waals surface area contributed by atoms with Gasteiger partial charge < -0.3 is 10.1 Å². The van der Waals surface area contributed by atoms with Crippen molar-refractivity contribution in [2.45, 2.75) is 10.1 Å². The maximum absolute atomic E-state index is 12.1. The van der Waals surface area contributed by atoms with Crippen molar-refractivity contribution in [2.75, 3.05) is 17.7 Å². The summed E-state index contributed by atoms with van der Waals surface area (Å²) in [7, 11) is 1.55. The van der Waals surface area contributed by atoms with Crippen LogP contribution in [0.4, 0.5) is 15.6 Å². The van der Waals surface area contributed by atoms with Crippen LogP contribution in [0.25, 0.3) is 0 Å². The Morgan fingerprint density at radius 3 is 2.69 bits per heavy atom. The van der Waals surface area contributed by atoms with E-state index in [0.29, 0.717) is 21.6 Å². The Balaban J connectivity index is 1.54. The van der Waals surface area contributed by atoms with Gasteiger partial charge in [0.1, 0.15) is 5.75 Å². The number of rotatable bonds is 6. The number of para-hydroxylation sites is 2. The molecule has 2 N–H and O–H groups in total. The summed E-state index contributed by atoms with van der Waals surface area (Å²) in [4.78, 5) is 12.1. The minimum Gasteiger partial charge on any atom is -0.495 e. The van der Waals surface area contributed by atoms with Crippen molar-refractivity contribution in [3.05, 3.63) is 59.1 Å². The van der Waals surface area contributed by atoms with Crippen molar-refractivity contribution in [1.82, 2.24) is 10.2 Å². The number of thioether (sulfide) groups is 1. The molecule has 134 valence electrons. The second-order valence-corrected chi connectivity index (χ2v) is 7.70. The fourth-order valence-electron chi connectivity index (χ4n) is 2.04. The summed E-state index contributed by atoms with van der Waals surface area (Å²) in [5.41, 5.74) is 1.72. The van der Waals surface area contributed by atoms with Gasteiger partial charge in [-0.1, -0.05) is 59.0 Å². The number of aromatic nitrogens is 2. The van der Waals surface area contributed by atoms with Crippen LogP contribution in [0.5, 0.6) is 5.75 Å². The summed E-state index contributed by atoms with van der Waals surface area (Å²) in [6, 6.07) is 14.4. The average molecular weight is 407 g/mol. The Hall–Kier alpha value is -2.29. The molecule has 0 fully saturated rings. The van der Waals surface area contributed by atoms with E-state index in [2.05, 4.69) is 20.8 Å². The SMILES string of the molecule is COc1ccccc1NC(=O)Nc1nnc(SCc2ccc(Cl)cc2)s1. The summed E-state index contributed by atoms with van der Waals surface area (Å²) in [6.07, 6.45) is 0. The highest BCUT2D eigenvalue weighted by atomic mass is 35.5. The largest absolute Gasteiger partial charge is 0.495 e. The maximum Gasteiger partial charge on any atom is 0.325 e. The molecule has 26 heavy (non-hydrogen) atoms. The van der Waals surface area contributed by atoms with Crippen molar-refractivity contribution in [2.24, 2.45) is 0 Å². The van der Waals surface area contributed by atoms with Gasteiger partial charge >= 0.3 is 6.03 Å². The van der Waals surface area contributed by atoms with E-state index in [-0.39, 0.29) is 0 Å². The van der Waals surface area contributed by atoms with E-state index in [9.17, 15) is 4.79 Å². The standard InChI is InChI=1S/C17H15ClN4O2S2/c1-24-14-5-3-2-4-13(14)19-15(23)20-16-21-22-17(26-16)25-10-11-6-8-12(18)9-7-11/h2-9H,10H2,1H3,(H2,19,20,21,23). The van der Waals surface area contributed by atoms with Gasteiger partial charge in [-0.25, -0.2) is 4.79 Å². The van der Waals surface area contributed by atoms with Gasteiger partial charge in [0.25, 0.3) is 0 Å². The number of halogens is 1. The lowest BCUT2D eigenvalue weighted by molar-refractivity contribution is 0.262. The number of hydrogen-bond acceptors (Lipinski definition) is 6. The number of amides is 2. The van der Waals surface area contributed by atoms with Crippen LogP contribution in [-0.4, -0.2) is 23.3 Å². The van der Waals surface area contributed by atoms with Gasteiger partial charge in [0, 0.05) is 10.8 Å². The van der Waals surface area contributed by atoms with Gasteiger partial charge in [0.05, 0.1) is 12.8 Å². The van der Waals surface area contributed by atoms with E-state index in [1.165, 1.54) is 11.3 Å². The van der Waals surface area contributed by atoms with Crippen LogP contribution >= 0.6 is 34.7 Å². The van der Waals surface area contributed by atoms with Crippen molar-refractivity contribution < 1.29 is 9.53 Å². The zero-order valence-electron chi connectivity index (χ0n) is 13.7. The molecule has 0 saturated carbocycles. The van der Waals surface area contributed by atoms with Crippen molar-refractivity contribution >= 4 is 51.5 Å². The molecule has 0 unspecified atom stereocenters. The molecule has 1 heterocycles. The van der Waals surface area contributed by atoms with E-state index in [1.807, 2.05) is 36.4 Å². The lowest BCUT2D eigenvalue weighted by atomic mass is 10.2. The number of benzene rings is 2. The number of hydrogen-bond donors (Lipinski definition) is 2. The zero-order valence-corrected chi connectivity index (χ0v) is 16.1. The molecule has 0 aliphatic rings. The summed E-state index contributed by atoms with van der Waals surface area (Å²) >= 11 is 8.74. The third kappa shape index (κ3) is 5.10. The fraction of sp³-hybridized carbons (Fsp3) is 0.118. The molecule has 1 aromatic heterocycles. The van der Waals surface area contributed by atoms with Crippen LogP contribution < -0.4 is 15.4 Å². The van der Waals surface area contributed by atoms with Crippen LogP contribution in [0.1, 0.15) is 5.56 Å². The summed E-state index contributed by atoms with van der Waals surface area (Å²) in [5.74, 6) is 1.33. The summed E-state index contributed by atoms with van der Waals surface area (Å²) < 4.78 is 5.97. The normalized spacial score (nSPS) is 10.4. The molecular weight excluding hydrogens is 392 g/mol. The molecule has 2 amide bonds. The third-order valence-electron chi connectivity index (χ3n) is 3.26. The fourth-order valence-corrected chi connectivity index (χ4v) is 3.87. The van der Waals surface area contributed by atoms with Gasteiger partial charge in [-0.3, -0.25) is 5.32 Å². The van der Waals surface area contributed by atoms with Crippen molar-refractivity contribution in [3.63, 3.8) is 0 Å². The second kappa shape index (κ2) is 8.88. The van der Waals surface area contributed by atoms with Gasteiger partial charge in [-0.15, -0.1) is 10.2 Å². The molecule has 0 spiro atoms. The molecule has 0 aliphatic carbocycles. The number of ether oxygens (including phenoxy) is 1. The molecule has 9 heteroatoms. The quantitative estimate of drug-likeness (QED) is 0.438. The molecule has 0 bridgehead atoms. The minimum absolute atomic E-state index is 0.403. The number of nitrogens with one attached hydrogen (secondary N) is 2. The number of carbonyl (C=O) groups is 1. The van der Waals surface area contributed by atoms with Crippen LogP contribution in [0.15, 0.2) is 52.9 Å². The number of carbonyl (C=O) groups excluding carboxylic acids is 1. The number of nitrogens with zero attached hydrogens (tertiary/aromatic N) is 2. The van der Waals surface area contributed by atoms with Gasteiger partial charge in [-0.05, 0) is 29.8 Å². The molecule has 0 radical (unpaired) electrons. The first-order valence-corrected chi connectivity index (χ1v) is 9.74. The van der Waals surface area contributed by atoms with E-state index >= 15 is 0 Å². The zero-order chi connectivity index (χ0) is 18.4. The van der Waals surface area contributed by atoms with Crippen LogP contribution in [0, 0.1) is 0 Å². The van der Waals surface area contributed by atoms with E-state index in [0.717, 1.165) is 15.7 Å². The maximum atomic E-state index is 12.1. The first-order valence-electron chi connectivity index (χ1n) is 7.56. The summed E-state index contributed by atoms with van der Waals surface area (Å²) in [5, 5.41) is 14.6. The predicted molar refractivity (Wildman–Crippen MR) is 107 cm³/mol. The van der Waals surface area contributed by atoms with E-state index in [1.54, 1.807) is 31.0 Å². The average Bonchev–Trinajstić information content (AvgIpc) is 3.09. The Bertz CT molecular complexity index is 886. The van der Waals surface area contributed by atoms with Crippen LogP contribution in [0.3, 0.4) is 0 Å². The molecule has 3 aromatic rings. The molecule has 2 aromatic carbocycles. The van der Waals surface area contributed by atoms with Gasteiger partial charge in [0.15, 0.2) is 4.34 Å². The highest BCUT2D eigenvalue weighted by Crippen LogP contribution is 2.29. The predicted octanol–water partition coefficient (Wildman–Crippen LogP) is 5.14.